The molecule has 0 saturated carbocycles. The van der Waals surface area contributed by atoms with Crippen LogP contribution in [-0.2, 0) is 20.8 Å². The summed E-state index contributed by atoms with van der Waals surface area (Å²) in [4.78, 5) is 16.0. The van der Waals surface area contributed by atoms with E-state index in [4.69, 9.17) is 18.9 Å². The van der Waals surface area contributed by atoms with Crippen LogP contribution < -0.4 is 15.4 Å². The fourth-order valence-corrected chi connectivity index (χ4v) is 2.17. The van der Waals surface area contributed by atoms with Crippen LogP contribution in [0.5, 0.6) is 5.75 Å². The van der Waals surface area contributed by atoms with Gasteiger partial charge in [-0.2, -0.15) is 0 Å². The van der Waals surface area contributed by atoms with Gasteiger partial charge in [-0.05, 0) is 24.1 Å². The lowest BCUT2D eigenvalue weighted by Gasteiger charge is -2.13. The number of nitrogens with one attached hydrogen (secondary N) is 2. The number of halogens is 1. The number of benzene rings is 1. The second-order valence-electron chi connectivity index (χ2n) is 5.34. The number of esters is 1. The molecule has 0 bridgehead atoms. The molecule has 0 heterocycles. The lowest BCUT2D eigenvalue weighted by atomic mass is 10.1. The monoisotopic (exact) mass is 495 g/mol. The molecule has 1 aromatic rings. The molecule has 8 nitrogen and oxygen atoms in total. The van der Waals surface area contributed by atoms with Gasteiger partial charge in [0, 0.05) is 33.9 Å². The quantitative estimate of drug-likeness (QED) is 0.159. The molecule has 1 aromatic carbocycles. The normalized spacial score (nSPS) is 10.7. The van der Waals surface area contributed by atoms with Gasteiger partial charge in [0.15, 0.2) is 5.96 Å². The molecule has 27 heavy (non-hydrogen) atoms. The summed E-state index contributed by atoms with van der Waals surface area (Å²) in [5.41, 5.74) is 1.31. The molecule has 0 aliphatic heterocycles. The van der Waals surface area contributed by atoms with Crippen molar-refractivity contribution in [3.8, 4) is 5.75 Å². The Balaban J connectivity index is 0.00000676. The maximum atomic E-state index is 11.8. The highest BCUT2D eigenvalue weighted by Crippen LogP contribution is 2.20. The highest BCUT2D eigenvalue weighted by Gasteiger charge is 2.13. The third kappa shape index (κ3) is 9.78. The number of ether oxygens (including phenoxy) is 4. The second kappa shape index (κ2) is 15.5. The molecule has 0 aliphatic carbocycles. The molecule has 0 aromatic heterocycles. The van der Waals surface area contributed by atoms with Crippen LogP contribution >= 0.6 is 24.0 Å². The number of hydrogen-bond donors (Lipinski definition) is 2. The van der Waals surface area contributed by atoms with E-state index in [1.54, 1.807) is 26.3 Å². The summed E-state index contributed by atoms with van der Waals surface area (Å²) in [7, 11) is 6.22. The second-order valence-corrected chi connectivity index (χ2v) is 5.34. The van der Waals surface area contributed by atoms with Crippen molar-refractivity contribution in [3.63, 3.8) is 0 Å². The summed E-state index contributed by atoms with van der Waals surface area (Å²) < 4.78 is 20.3. The Morgan fingerprint density at radius 3 is 2.52 bits per heavy atom. The van der Waals surface area contributed by atoms with Crippen molar-refractivity contribution in [2.24, 2.45) is 4.99 Å². The predicted molar refractivity (Wildman–Crippen MR) is 115 cm³/mol. The largest absolute Gasteiger partial charge is 0.496 e. The van der Waals surface area contributed by atoms with Crippen LogP contribution in [0.25, 0.3) is 0 Å². The minimum atomic E-state index is -0.431. The molecule has 154 valence electrons. The van der Waals surface area contributed by atoms with Crippen molar-refractivity contribution in [2.75, 3.05) is 54.7 Å². The molecule has 1 rings (SSSR count). The zero-order valence-corrected chi connectivity index (χ0v) is 18.7. The van der Waals surface area contributed by atoms with Crippen molar-refractivity contribution < 1.29 is 23.7 Å². The van der Waals surface area contributed by atoms with Gasteiger partial charge < -0.3 is 29.6 Å². The number of rotatable bonds is 11. The van der Waals surface area contributed by atoms with Gasteiger partial charge in [0.1, 0.15) is 11.3 Å². The average molecular weight is 495 g/mol. The van der Waals surface area contributed by atoms with E-state index in [0.29, 0.717) is 43.6 Å². The van der Waals surface area contributed by atoms with Gasteiger partial charge in [-0.15, -0.1) is 24.0 Å². The van der Waals surface area contributed by atoms with Crippen LogP contribution in [0, 0.1) is 0 Å². The summed E-state index contributed by atoms with van der Waals surface area (Å²) in [5, 5.41) is 6.42. The van der Waals surface area contributed by atoms with Gasteiger partial charge in [0.05, 0.1) is 27.4 Å². The molecule has 0 saturated heterocycles. The average Bonchev–Trinajstić information content (AvgIpc) is 2.68. The number of carbonyl (C=O) groups excluding carboxylic acids is 1. The summed E-state index contributed by atoms with van der Waals surface area (Å²) in [5.74, 6) is 0.730. The van der Waals surface area contributed by atoms with Crippen LogP contribution in [0.1, 0.15) is 22.3 Å². The van der Waals surface area contributed by atoms with E-state index in [0.717, 1.165) is 18.5 Å². The van der Waals surface area contributed by atoms with E-state index < -0.39 is 5.97 Å². The Morgan fingerprint density at radius 2 is 1.89 bits per heavy atom. The van der Waals surface area contributed by atoms with Gasteiger partial charge in [0.25, 0.3) is 0 Å². The van der Waals surface area contributed by atoms with Crippen molar-refractivity contribution in [1.82, 2.24) is 10.6 Å². The first kappa shape index (κ1) is 25.4. The number of guanidine groups is 1. The van der Waals surface area contributed by atoms with Gasteiger partial charge in [0.2, 0.25) is 0 Å². The molecule has 0 atom stereocenters. The fraction of sp³-hybridized carbons (Fsp3) is 0.556. The van der Waals surface area contributed by atoms with E-state index in [1.165, 1.54) is 14.2 Å². The summed E-state index contributed by atoms with van der Waals surface area (Å²) >= 11 is 0. The Labute approximate surface area is 178 Å². The topological polar surface area (TPSA) is 90.4 Å². The molecule has 0 amide bonds. The number of methoxy groups -OCH3 is 3. The van der Waals surface area contributed by atoms with E-state index in [2.05, 4.69) is 15.6 Å². The third-order valence-electron chi connectivity index (χ3n) is 3.54. The van der Waals surface area contributed by atoms with Crippen LogP contribution in [-0.4, -0.2) is 66.7 Å². The maximum Gasteiger partial charge on any atom is 0.341 e. The summed E-state index contributed by atoms with van der Waals surface area (Å²) in [6, 6.07) is 5.38. The zero-order valence-electron chi connectivity index (χ0n) is 16.4. The molecular weight excluding hydrogens is 465 g/mol. The summed E-state index contributed by atoms with van der Waals surface area (Å²) in [6.07, 6.45) is 0.861. The highest BCUT2D eigenvalue weighted by molar-refractivity contribution is 14.0. The van der Waals surface area contributed by atoms with Gasteiger partial charge in [-0.25, -0.2) is 4.79 Å². The summed E-state index contributed by atoms with van der Waals surface area (Å²) in [6.45, 7) is 3.12. The standard InChI is InChI=1S/C18H29N3O5.HI/c1-19-18(20-8-5-9-26-11-10-23-2)21-13-14-6-7-16(24-3)15(12-14)17(22)25-4;/h6-7,12H,5,8-11,13H2,1-4H3,(H2,19,20,21);1H. The van der Waals surface area contributed by atoms with Crippen molar-refractivity contribution in [1.29, 1.82) is 0 Å². The van der Waals surface area contributed by atoms with Gasteiger partial charge >= 0.3 is 5.97 Å². The number of hydrogen-bond acceptors (Lipinski definition) is 6. The SMILES string of the molecule is CN=C(NCCCOCCOC)NCc1ccc(OC)c(C(=O)OC)c1.I. The fourth-order valence-electron chi connectivity index (χ4n) is 2.17. The van der Waals surface area contributed by atoms with E-state index in [9.17, 15) is 4.79 Å². The molecule has 0 fully saturated rings. The predicted octanol–water partition coefficient (Wildman–Crippen LogP) is 1.82. The number of nitrogens with zero attached hydrogens (tertiary/aromatic N) is 1. The van der Waals surface area contributed by atoms with Gasteiger partial charge in [-0.1, -0.05) is 6.07 Å². The lowest BCUT2D eigenvalue weighted by molar-refractivity contribution is 0.0597. The van der Waals surface area contributed by atoms with Crippen LogP contribution in [0.4, 0.5) is 0 Å². The maximum absolute atomic E-state index is 11.8. The Bertz CT molecular complexity index is 584. The van der Waals surface area contributed by atoms with E-state index in [-0.39, 0.29) is 24.0 Å². The molecular formula is C18H30IN3O5. The van der Waals surface area contributed by atoms with Crippen LogP contribution in [0.15, 0.2) is 23.2 Å². The Hall–Kier alpha value is -1.59. The highest BCUT2D eigenvalue weighted by atomic mass is 127. The minimum Gasteiger partial charge on any atom is -0.496 e. The number of aliphatic imine (C=N–C) groups is 1. The molecule has 0 unspecified atom stereocenters. The molecule has 9 heteroatoms. The molecule has 2 N–H and O–H groups in total. The number of carbonyl (C=O) groups is 1. The van der Waals surface area contributed by atoms with Crippen molar-refractivity contribution >= 4 is 35.9 Å². The third-order valence-corrected chi connectivity index (χ3v) is 3.54. The lowest BCUT2D eigenvalue weighted by Crippen LogP contribution is -2.37. The first-order valence-corrected chi connectivity index (χ1v) is 8.42. The van der Waals surface area contributed by atoms with Crippen molar-refractivity contribution in [2.45, 2.75) is 13.0 Å². The molecule has 0 radical (unpaired) electrons. The minimum absolute atomic E-state index is 0. The Morgan fingerprint density at radius 1 is 1.11 bits per heavy atom. The van der Waals surface area contributed by atoms with Crippen LogP contribution in [0.3, 0.4) is 0 Å². The first-order chi connectivity index (χ1) is 12.7. The molecule has 0 spiro atoms. The van der Waals surface area contributed by atoms with Gasteiger partial charge in [-0.3, -0.25) is 4.99 Å². The first-order valence-electron chi connectivity index (χ1n) is 8.42. The van der Waals surface area contributed by atoms with E-state index in [1.807, 2.05) is 6.07 Å². The smallest absolute Gasteiger partial charge is 0.341 e. The van der Waals surface area contributed by atoms with E-state index >= 15 is 0 Å². The van der Waals surface area contributed by atoms with Crippen molar-refractivity contribution in [3.05, 3.63) is 29.3 Å². The zero-order chi connectivity index (χ0) is 19.2. The molecule has 0 aliphatic rings. The Kier molecular flexibility index (Phi) is 14.6. The van der Waals surface area contributed by atoms with Crippen LogP contribution in [0.2, 0.25) is 0 Å².